The predicted molar refractivity (Wildman–Crippen MR) is 109 cm³/mol. The quantitative estimate of drug-likeness (QED) is 0.521. The van der Waals surface area contributed by atoms with Crippen LogP contribution in [0.3, 0.4) is 0 Å². The van der Waals surface area contributed by atoms with Crippen LogP contribution >= 0.6 is 11.3 Å². The van der Waals surface area contributed by atoms with Gasteiger partial charge >= 0.3 is 0 Å². The van der Waals surface area contributed by atoms with Crippen LogP contribution in [0.5, 0.6) is 0 Å². The Kier molecular flexibility index (Phi) is 7.18. The maximum atomic E-state index is 4.36. The first-order valence-electron chi connectivity index (χ1n) is 8.43. The fraction of sp³-hybridized carbons (Fsp3) is 0.318. The van der Waals surface area contributed by atoms with Crippen LogP contribution in [0.2, 0.25) is 0 Å². The van der Waals surface area contributed by atoms with E-state index in [-0.39, 0.29) is 5.41 Å². The summed E-state index contributed by atoms with van der Waals surface area (Å²) in [4.78, 5) is 6.62. The van der Waals surface area contributed by atoms with E-state index in [1.807, 2.05) is 17.7 Å². The van der Waals surface area contributed by atoms with Crippen LogP contribution < -0.4 is 0 Å². The number of benzene rings is 1. The highest BCUT2D eigenvalue weighted by atomic mass is 32.1. The number of aromatic nitrogens is 1. The summed E-state index contributed by atoms with van der Waals surface area (Å²) < 4.78 is 0. The average Bonchev–Trinajstić information content (AvgIpc) is 3.05. The zero-order chi connectivity index (χ0) is 18.1. The van der Waals surface area contributed by atoms with Crippen molar-refractivity contribution in [3.8, 4) is 11.8 Å². The summed E-state index contributed by atoms with van der Waals surface area (Å²) in [5.74, 6) is 6.50. The van der Waals surface area contributed by atoms with Crippen molar-refractivity contribution in [3.63, 3.8) is 0 Å². The molecule has 2 rings (SSSR count). The third-order valence-corrected chi connectivity index (χ3v) is 4.00. The number of likely N-dealkylation sites (N-methyl/N-ethyl adjacent to an activating group) is 1. The number of rotatable bonds is 6. The normalized spacial score (nSPS) is 12.4. The average molecular weight is 351 g/mol. The molecule has 0 amide bonds. The Morgan fingerprint density at radius 1 is 1.24 bits per heavy atom. The van der Waals surface area contributed by atoms with E-state index in [2.05, 4.69) is 91.3 Å². The number of allylic oxidation sites excluding steroid dienone is 1. The van der Waals surface area contributed by atoms with Gasteiger partial charge in [-0.3, -0.25) is 4.90 Å². The SMILES string of the molecule is CN(CC(/C=C\c1ccccc1)=C/C#CC(C)(C)C)Cc1cscn1. The highest BCUT2D eigenvalue weighted by molar-refractivity contribution is 7.07. The van der Waals surface area contributed by atoms with Crippen molar-refractivity contribution >= 4 is 17.4 Å². The lowest BCUT2D eigenvalue weighted by Gasteiger charge is -2.15. The molecule has 0 atom stereocenters. The second-order valence-corrected chi connectivity index (χ2v) is 7.85. The van der Waals surface area contributed by atoms with Crippen LogP contribution in [0.4, 0.5) is 0 Å². The van der Waals surface area contributed by atoms with E-state index in [1.165, 1.54) is 11.1 Å². The van der Waals surface area contributed by atoms with Crippen LogP contribution in [0.15, 0.2) is 58.9 Å². The lowest BCUT2D eigenvalue weighted by atomic mass is 9.98. The van der Waals surface area contributed by atoms with Crippen LogP contribution in [0, 0.1) is 17.3 Å². The second kappa shape index (κ2) is 9.36. The van der Waals surface area contributed by atoms with Crippen molar-refractivity contribution in [2.45, 2.75) is 27.3 Å². The molecule has 1 aromatic heterocycles. The van der Waals surface area contributed by atoms with Gasteiger partial charge in [0.1, 0.15) is 0 Å². The summed E-state index contributed by atoms with van der Waals surface area (Å²) in [7, 11) is 2.11. The first kappa shape index (κ1) is 19.2. The summed E-state index contributed by atoms with van der Waals surface area (Å²) in [6.07, 6.45) is 6.33. The first-order chi connectivity index (χ1) is 11.9. The molecule has 0 saturated heterocycles. The number of hydrogen-bond acceptors (Lipinski definition) is 3. The highest BCUT2D eigenvalue weighted by Gasteiger charge is 2.05. The van der Waals surface area contributed by atoms with Gasteiger partial charge in [-0.25, -0.2) is 4.98 Å². The molecule has 2 nitrogen and oxygen atoms in total. The number of thiazole rings is 1. The second-order valence-electron chi connectivity index (χ2n) is 7.13. The molecule has 0 bridgehead atoms. The van der Waals surface area contributed by atoms with Crippen LogP contribution in [0.25, 0.3) is 6.08 Å². The molecule has 0 unspecified atom stereocenters. The minimum absolute atomic E-state index is 0.0112. The van der Waals surface area contributed by atoms with Crippen molar-refractivity contribution in [1.29, 1.82) is 0 Å². The van der Waals surface area contributed by atoms with Gasteiger partial charge < -0.3 is 0 Å². The van der Waals surface area contributed by atoms with Gasteiger partial charge in [-0.2, -0.15) is 0 Å². The Morgan fingerprint density at radius 2 is 2.00 bits per heavy atom. The molecule has 0 aliphatic rings. The fourth-order valence-corrected chi connectivity index (χ4v) is 2.77. The Bertz CT molecular complexity index is 754. The van der Waals surface area contributed by atoms with E-state index in [0.29, 0.717) is 0 Å². The molecule has 130 valence electrons. The van der Waals surface area contributed by atoms with Crippen LogP contribution in [-0.4, -0.2) is 23.5 Å². The lowest BCUT2D eigenvalue weighted by Crippen LogP contribution is -2.20. The van der Waals surface area contributed by atoms with Gasteiger partial charge in [0, 0.05) is 23.9 Å². The van der Waals surface area contributed by atoms with Crippen LogP contribution in [0.1, 0.15) is 32.0 Å². The molecule has 0 aliphatic carbocycles. The monoisotopic (exact) mass is 350 g/mol. The van der Waals surface area contributed by atoms with Crippen LogP contribution in [-0.2, 0) is 6.54 Å². The van der Waals surface area contributed by atoms with Crippen molar-refractivity contribution in [1.82, 2.24) is 9.88 Å². The topological polar surface area (TPSA) is 16.1 Å². The predicted octanol–water partition coefficient (Wildman–Crippen LogP) is 5.26. The van der Waals surface area contributed by atoms with Gasteiger partial charge in [0.25, 0.3) is 0 Å². The molecule has 0 radical (unpaired) electrons. The third-order valence-electron chi connectivity index (χ3n) is 3.36. The Hall–Kier alpha value is -2.15. The van der Waals surface area contributed by atoms with Gasteiger partial charge in [-0.05, 0) is 45.0 Å². The van der Waals surface area contributed by atoms with Crippen molar-refractivity contribution in [2.24, 2.45) is 5.41 Å². The molecular formula is C22H26N2S. The van der Waals surface area contributed by atoms with Gasteiger partial charge in [-0.15, -0.1) is 11.3 Å². The van der Waals surface area contributed by atoms with Crippen molar-refractivity contribution < 1.29 is 0 Å². The van der Waals surface area contributed by atoms with E-state index in [1.54, 1.807) is 11.3 Å². The summed E-state index contributed by atoms with van der Waals surface area (Å²) in [5.41, 5.74) is 5.39. The summed E-state index contributed by atoms with van der Waals surface area (Å²) in [6, 6.07) is 10.3. The van der Waals surface area contributed by atoms with Gasteiger partial charge in [0.15, 0.2) is 0 Å². The van der Waals surface area contributed by atoms with E-state index < -0.39 is 0 Å². The minimum atomic E-state index is 0.0112. The summed E-state index contributed by atoms with van der Waals surface area (Å²) in [6.45, 7) is 8.05. The number of nitrogens with zero attached hydrogens (tertiary/aromatic N) is 2. The van der Waals surface area contributed by atoms with Gasteiger partial charge in [-0.1, -0.05) is 54.3 Å². The summed E-state index contributed by atoms with van der Waals surface area (Å²) >= 11 is 1.64. The van der Waals surface area contributed by atoms with E-state index in [0.717, 1.165) is 18.8 Å². The molecule has 0 aliphatic heterocycles. The first-order valence-corrected chi connectivity index (χ1v) is 9.37. The smallest absolute Gasteiger partial charge is 0.0795 e. The largest absolute Gasteiger partial charge is 0.296 e. The Balaban J connectivity index is 2.11. The maximum Gasteiger partial charge on any atom is 0.0795 e. The molecule has 0 N–H and O–H groups in total. The molecule has 1 aromatic carbocycles. The van der Waals surface area contributed by atoms with Crippen molar-refractivity contribution in [3.05, 3.63) is 70.2 Å². The molecule has 3 heteroatoms. The molecule has 0 spiro atoms. The zero-order valence-electron chi connectivity index (χ0n) is 15.5. The van der Waals surface area contributed by atoms with E-state index in [9.17, 15) is 0 Å². The lowest BCUT2D eigenvalue weighted by molar-refractivity contribution is 0.354. The van der Waals surface area contributed by atoms with E-state index >= 15 is 0 Å². The highest BCUT2D eigenvalue weighted by Crippen LogP contribution is 2.12. The zero-order valence-corrected chi connectivity index (χ0v) is 16.3. The minimum Gasteiger partial charge on any atom is -0.296 e. The fourth-order valence-electron chi connectivity index (χ4n) is 2.22. The molecule has 1 heterocycles. The Labute approximate surface area is 155 Å². The van der Waals surface area contributed by atoms with Gasteiger partial charge in [0.2, 0.25) is 0 Å². The standard InChI is InChI=1S/C22H26N2S/c1-22(2,3)14-8-11-20(13-12-19-9-6-5-7-10-19)15-24(4)16-21-17-25-18-23-21/h5-7,9-13,17-18H,15-16H2,1-4H3/b13-12-,20-11+. The molecular weight excluding hydrogens is 324 g/mol. The molecule has 0 fully saturated rings. The summed E-state index contributed by atoms with van der Waals surface area (Å²) in [5, 5.41) is 2.10. The third kappa shape index (κ3) is 7.98. The number of hydrogen-bond donors (Lipinski definition) is 0. The van der Waals surface area contributed by atoms with Gasteiger partial charge in [0.05, 0.1) is 11.2 Å². The van der Waals surface area contributed by atoms with Crippen molar-refractivity contribution in [2.75, 3.05) is 13.6 Å². The maximum absolute atomic E-state index is 4.36. The molecule has 2 aromatic rings. The Morgan fingerprint density at radius 3 is 2.64 bits per heavy atom. The molecule has 0 saturated carbocycles. The van der Waals surface area contributed by atoms with E-state index in [4.69, 9.17) is 0 Å². The molecule has 25 heavy (non-hydrogen) atoms.